The fourth-order valence-electron chi connectivity index (χ4n) is 6.54. The Morgan fingerprint density at radius 2 is 1.90 bits per heavy atom. The van der Waals surface area contributed by atoms with E-state index in [2.05, 4.69) is 42.6 Å². The van der Waals surface area contributed by atoms with Crippen LogP contribution in [0, 0.1) is 30.1 Å². The summed E-state index contributed by atoms with van der Waals surface area (Å²) in [6.07, 6.45) is 6.98. The van der Waals surface area contributed by atoms with Gasteiger partial charge in [0.2, 0.25) is 0 Å². The van der Waals surface area contributed by atoms with E-state index < -0.39 is 0 Å². The highest BCUT2D eigenvalue weighted by molar-refractivity contribution is 5.95. The van der Waals surface area contributed by atoms with Crippen molar-refractivity contribution in [3.8, 4) is 11.1 Å². The molecule has 3 fully saturated rings. The second kappa shape index (κ2) is 7.28. The first-order valence-corrected chi connectivity index (χ1v) is 11.1. The van der Waals surface area contributed by atoms with Crippen molar-refractivity contribution in [1.82, 2.24) is 5.32 Å². The van der Waals surface area contributed by atoms with Crippen LogP contribution < -0.4 is 5.32 Å². The first-order chi connectivity index (χ1) is 14.0. The topological polar surface area (TPSA) is 49.3 Å². The van der Waals surface area contributed by atoms with Gasteiger partial charge in [0.05, 0.1) is 0 Å². The Hall–Kier alpha value is -2.13. The van der Waals surface area contributed by atoms with Crippen LogP contribution in [-0.2, 0) is 0 Å². The average Bonchev–Trinajstić information content (AvgIpc) is 2.95. The van der Waals surface area contributed by atoms with Crippen molar-refractivity contribution in [1.29, 1.82) is 0 Å². The zero-order chi connectivity index (χ0) is 20.0. The van der Waals surface area contributed by atoms with Gasteiger partial charge < -0.3 is 10.4 Å². The van der Waals surface area contributed by atoms with Crippen LogP contribution in [-0.4, -0.2) is 23.7 Å². The molecular weight excluding hydrogens is 358 g/mol. The van der Waals surface area contributed by atoms with Crippen molar-refractivity contribution in [2.24, 2.45) is 23.2 Å². The molecule has 2 aromatic carbocycles. The van der Waals surface area contributed by atoms with E-state index in [1.807, 2.05) is 18.2 Å². The van der Waals surface area contributed by atoms with E-state index in [4.69, 9.17) is 0 Å². The molecular formula is C26H31NO2. The molecule has 5 atom stereocenters. The number of fused-ring (bicyclic) bond motifs is 2. The highest BCUT2D eigenvalue weighted by Gasteiger charge is 2.54. The van der Waals surface area contributed by atoms with Gasteiger partial charge in [-0.2, -0.15) is 0 Å². The maximum atomic E-state index is 13.1. The molecule has 0 aromatic heterocycles. The van der Waals surface area contributed by atoms with E-state index in [-0.39, 0.29) is 17.4 Å². The molecule has 0 radical (unpaired) electrons. The van der Waals surface area contributed by atoms with Gasteiger partial charge in [0.25, 0.3) is 5.91 Å². The molecule has 3 saturated carbocycles. The largest absolute Gasteiger partial charge is 0.396 e. The Morgan fingerprint density at radius 1 is 1.07 bits per heavy atom. The van der Waals surface area contributed by atoms with Crippen LogP contribution in [0.1, 0.15) is 54.4 Å². The summed E-state index contributed by atoms with van der Waals surface area (Å²) in [6, 6.07) is 16.7. The van der Waals surface area contributed by atoms with E-state index in [0.717, 1.165) is 41.9 Å². The highest BCUT2D eigenvalue weighted by atomic mass is 16.3. The smallest absolute Gasteiger partial charge is 0.251 e. The molecule has 3 bridgehead atoms. The van der Waals surface area contributed by atoms with Gasteiger partial charge in [-0.3, -0.25) is 4.79 Å². The zero-order valence-electron chi connectivity index (χ0n) is 17.2. The molecule has 0 spiro atoms. The second-order valence-corrected chi connectivity index (χ2v) is 9.90. The maximum absolute atomic E-state index is 13.1. The Bertz CT molecular complexity index is 905. The van der Waals surface area contributed by atoms with Gasteiger partial charge in [0, 0.05) is 18.2 Å². The summed E-state index contributed by atoms with van der Waals surface area (Å²) in [5, 5.41) is 13.4. The quantitative estimate of drug-likeness (QED) is 0.776. The third-order valence-corrected chi connectivity index (χ3v) is 7.89. The summed E-state index contributed by atoms with van der Waals surface area (Å²) in [7, 11) is 0. The van der Waals surface area contributed by atoms with Gasteiger partial charge in [-0.1, -0.05) is 42.0 Å². The number of aliphatic hydroxyl groups excluding tert-OH is 1. The average molecular weight is 390 g/mol. The van der Waals surface area contributed by atoms with Crippen LogP contribution in [0.4, 0.5) is 0 Å². The summed E-state index contributed by atoms with van der Waals surface area (Å²) in [4.78, 5) is 13.1. The van der Waals surface area contributed by atoms with Gasteiger partial charge in [0.15, 0.2) is 0 Å². The lowest BCUT2D eigenvalue weighted by Gasteiger charge is -2.36. The van der Waals surface area contributed by atoms with E-state index in [1.54, 1.807) is 0 Å². The summed E-state index contributed by atoms with van der Waals surface area (Å²) in [5.74, 6) is 1.98. The number of nitrogens with one attached hydrogen (secondary N) is 1. The number of carbonyl (C=O) groups is 1. The molecule has 3 nitrogen and oxygen atoms in total. The first-order valence-electron chi connectivity index (χ1n) is 11.1. The van der Waals surface area contributed by atoms with Crippen LogP contribution in [0.25, 0.3) is 11.1 Å². The van der Waals surface area contributed by atoms with Crippen molar-refractivity contribution < 1.29 is 9.90 Å². The van der Waals surface area contributed by atoms with E-state index in [1.165, 1.54) is 24.8 Å². The molecule has 3 aliphatic carbocycles. The summed E-state index contributed by atoms with van der Waals surface area (Å²) >= 11 is 0. The monoisotopic (exact) mass is 389 g/mol. The van der Waals surface area contributed by atoms with E-state index in [0.29, 0.717) is 18.4 Å². The molecule has 1 amide bonds. The molecule has 5 unspecified atom stereocenters. The third-order valence-electron chi connectivity index (χ3n) is 7.89. The van der Waals surface area contributed by atoms with Crippen molar-refractivity contribution in [2.75, 3.05) is 6.61 Å². The normalized spacial score (nSPS) is 32.8. The number of hydrogen-bond acceptors (Lipinski definition) is 2. The fraction of sp³-hybridized carbons (Fsp3) is 0.500. The zero-order valence-corrected chi connectivity index (χ0v) is 17.2. The highest BCUT2D eigenvalue weighted by Crippen LogP contribution is 2.59. The van der Waals surface area contributed by atoms with Crippen LogP contribution >= 0.6 is 0 Å². The van der Waals surface area contributed by atoms with Crippen LogP contribution in [0.2, 0.25) is 0 Å². The number of amides is 1. The second-order valence-electron chi connectivity index (χ2n) is 9.90. The lowest BCUT2D eigenvalue weighted by molar-refractivity contribution is 0.0653. The molecule has 3 aliphatic rings. The lowest BCUT2D eigenvalue weighted by Crippen LogP contribution is -2.41. The Kier molecular flexibility index (Phi) is 4.74. The molecule has 0 aliphatic heterocycles. The van der Waals surface area contributed by atoms with Gasteiger partial charge in [-0.05, 0) is 91.9 Å². The molecule has 5 rings (SSSR count). The molecule has 3 heteroatoms. The number of benzene rings is 2. The molecule has 152 valence electrons. The van der Waals surface area contributed by atoms with Gasteiger partial charge in [0.1, 0.15) is 0 Å². The van der Waals surface area contributed by atoms with Crippen LogP contribution in [0.15, 0.2) is 48.5 Å². The molecule has 0 heterocycles. The summed E-state index contributed by atoms with van der Waals surface area (Å²) in [6.45, 7) is 2.40. The fourth-order valence-corrected chi connectivity index (χ4v) is 6.54. The Morgan fingerprint density at radius 3 is 2.69 bits per heavy atom. The van der Waals surface area contributed by atoms with Crippen molar-refractivity contribution in [2.45, 2.75) is 51.5 Å². The standard InChI is InChI=1S/C26H31NO2/c1-17-5-8-19(9-6-17)20-3-2-4-21(12-20)25(29)27-24-10-7-18-11-22-14-26(13-18,16-28)15-23(22)24/h2-6,8-9,12,18,22-24,28H,7,10-11,13-16H2,1H3,(H,27,29). The van der Waals surface area contributed by atoms with Crippen LogP contribution in [0.5, 0.6) is 0 Å². The minimum absolute atomic E-state index is 0.0447. The molecule has 2 aromatic rings. The number of carbonyl (C=O) groups excluding carboxylic acids is 1. The van der Waals surface area contributed by atoms with Gasteiger partial charge in [-0.15, -0.1) is 0 Å². The maximum Gasteiger partial charge on any atom is 0.251 e. The predicted octanol–water partition coefficient (Wildman–Crippen LogP) is 4.97. The SMILES string of the molecule is Cc1ccc(-c2cccc(C(=O)NC3CCC4CC5CC(CO)(C4)CC53)c2)cc1. The van der Waals surface area contributed by atoms with Gasteiger partial charge in [-0.25, -0.2) is 0 Å². The van der Waals surface area contributed by atoms with E-state index in [9.17, 15) is 9.90 Å². The molecule has 0 saturated heterocycles. The van der Waals surface area contributed by atoms with E-state index >= 15 is 0 Å². The third kappa shape index (κ3) is 3.50. The summed E-state index contributed by atoms with van der Waals surface area (Å²) in [5.41, 5.74) is 4.33. The Balaban J connectivity index is 1.34. The van der Waals surface area contributed by atoms with Crippen molar-refractivity contribution in [3.63, 3.8) is 0 Å². The molecule has 2 N–H and O–H groups in total. The number of aryl methyl sites for hydroxylation is 1. The number of rotatable bonds is 4. The summed E-state index contributed by atoms with van der Waals surface area (Å²) < 4.78 is 0. The van der Waals surface area contributed by atoms with Crippen LogP contribution in [0.3, 0.4) is 0 Å². The van der Waals surface area contributed by atoms with Gasteiger partial charge >= 0.3 is 0 Å². The van der Waals surface area contributed by atoms with Crippen molar-refractivity contribution >= 4 is 5.91 Å². The minimum atomic E-state index is 0.0447. The number of hydrogen-bond donors (Lipinski definition) is 2. The predicted molar refractivity (Wildman–Crippen MR) is 116 cm³/mol. The first kappa shape index (κ1) is 18.9. The Labute approximate surface area is 173 Å². The number of aliphatic hydroxyl groups is 1. The minimum Gasteiger partial charge on any atom is -0.396 e. The lowest BCUT2D eigenvalue weighted by atomic mass is 9.70. The van der Waals surface area contributed by atoms with Crippen molar-refractivity contribution in [3.05, 3.63) is 59.7 Å². The molecule has 29 heavy (non-hydrogen) atoms.